The first-order valence-electron chi connectivity index (χ1n) is 6.52. The number of nitriles is 1. The molecule has 0 fully saturated rings. The number of hydrogen-bond donors (Lipinski definition) is 1. The summed E-state index contributed by atoms with van der Waals surface area (Å²) in [6.07, 6.45) is -4.57. The molecule has 2 aromatic rings. The van der Waals surface area contributed by atoms with E-state index in [1.807, 2.05) is 0 Å². The molecule has 0 aliphatic rings. The van der Waals surface area contributed by atoms with Crippen LogP contribution < -0.4 is 5.32 Å². The monoisotopic (exact) mass is 407 g/mol. The molecule has 2 rings (SSSR count). The van der Waals surface area contributed by atoms with Crippen LogP contribution in [-0.2, 0) is 11.0 Å². The molecule has 26 heavy (non-hydrogen) atoms. The number of halogens is 5. The summed E-state index contributed by atoms with van der Waals surface area (Å²) in [5.74, 6) is -1.39. The van der Waals surface area contributed by atoms with E-state index < -0.39 is 50.5 Å². The van der Waals surface area contributed by atoms with Crippen molar-refractivity contribution in [2.45, 2.75) is 12.6 Å². The predicted octanol–water partition coefficient (Wildman–Crippen LogP) is 3.96. The second kappa shape index (κ2) is 7.19. The second-order valence-corrected chi connectivity index (χ2v) is 5.53. The van der Waals surface area contributed by atoms with Gasteiger partial charge in [0.05, 0.1) is 26.6 Å². The third-order valence-corrected chi connectivity index (χ3v) is 3.58. The van der Waals surface area contributed by atoms with Gasteiger partial charge in [-0.3, -0.25) is 14.9 Å². The van der Waals surface area contributed by atoms with E-state index >= 15 is 0 Å². The molecule has 0 atom stereocenters. The molecule has 0 aliphatic heterocycles. The number of benzene rings is 1. The molecule has 0 aliphatic carbocycles. The third kappa shape index (κ3) is 3.87. The Kier molecular flexibility index (Phi) is 5.38. The standard InChI is InChI=1S/C13H6Cl2F3N5O3/c14-7-3-6(13(16,17)18)4-8(15)11(7)22-12(21-10(24)1-2-19)9(5-20-22)23(25)26/h3-5H,1H2,(H,21,24). The zero-order chi connectivity index (χ0) is 19.6. The van der Waals surface area contributed by atoms with Crippen LogP contribution in [0.2, 0.25) is 10.0 Å². The van der Waals surface area contributed by atoms with Crippen LogP contribution in [-0.4, -0.2) is 20.6 Å². The largest absolute Gasteiger partial charge is 0.416 e. The van der Waals surface area contributed by atoms with E-state index in [-0.39, 0.29) is 5.69 Å². The van der Waals surface area contributed by atoms with Gasteiger partial charge in [-0.1, -0.05) is 23.2 Å². The van der Waals surface area contributed by atoms with Gasteiger partial charge in [-0.25, -0.2) is 4.68 Å². The Balaban J connectivity index is 2.64. The molecule has 8 nitrogen and oxygen atoms in total. The van der Waals surface area contributed by atoms with Crippen molar-refractivity contribution in [3.63, 3.8) is 0 Å². The lowest BCUT2D eigenvalue weighted by Gasteiger charge is -2.14. The third-order valence-electron chi connectivity index (χ3n) is 3.00. The highest BCUT2D eigenvalue weighted by atomic mass is 35.5. The minimum atomic E-state index is -4.72. The molecule has 0 saturated heterocycles. The Morgan fingerprint density at radius 3 is 2.42 bits per heavy atom. The van der Waals surface area contributed by atoms with Crippen LogP contribution >= 0.6 is 23.2 Å². The molecule has 0 bridgehead atoms. The van der Waals surface area contributed by atoms with Crippen LogP contribution in [0.4, 0.5) is 24.7 Å². The first kappa shape index (κ1) is 19.5. The molecule has 0 radical (unpaired) electrons. The predicted molar refractivity (Wildman–Crippen MR) is 84.1 cm³/mol. The number of rotatable bonds is 4. The molecule has 0 saturated carbocycles. The average molecular weight is 408 g/mol. The van der Waals surface area contributed by atoms with Crippen molar-refractivity contribution in [2.75, 3.05) is 5.32 Å². The van der Waals surface area contributed by atoms with Gasteiger partial charge in [-0.15, -0.1) is 0 Å². The van der Waals surface area contributed by atoms with Crippen LogP contribution in [0.15, 0.2) is 18.3 Å². The number of carbonyl (C=O) groups excluding carboxylic acids is 1. The number of nitrogens with zero attached hydrogens (tertiary/aromatic N) is 4. The van der Waals surface area contributed by atoms with Gasteiger partial charge in [0.2, 0.25) is 11.7 Å². The maximum atomic E-state index is 12.8. The van der Waals surface area contributed by atoms with Gasteiger partial charge in [-0.05, 0) is 12.1 Å². The molecule has 1 aromatic heterocycles. The van der Waals surface area contributed by atoms with Crippen molar-refractivity contribution >= 4 is 40.6 Å². The Hall–Kier alpha value is -2.84. The molecule has 1 N–H and O–H groups in total. The maximum absolute atomic E-state index is 12.8. The first-order chi connectivity index (χ1) is 12.1. The summed E-state index contributed by atoms with van der Waals surface area (Å²) >= 11 is 11.7. The lowest BCUT2D eigenvalue weighted by Crippen LogP contribution is -2.16. The van der Waals surface area contributed by atoms with Crippen LogP contribution in [0.3, 0.4) is 0 Å². The summed E-state index contributed by atoms with van der Waals surface area (Å²) in [4.78, 5) is 21.8. The number of carbonyl (C=O) groups is 1. The summed E-state index contributed by atoms with van der Waals surface area (Å²) in [6.45, 7) is 0. The van der Waals surface area contributed by atoms with Crippen molar-refractivity contribution in [1.29, 1.82) is 5.26 Å². The van der Waals surface area contributed by atoms with Gasteiger partial charge in [0, 0.05) is 0 Å². The van der Waals surface area contributed by atoms with Crippen molar-refractivity contribution in [3.05, 3.63) is 44.1 Å². The van der Waals surface area contributed by atoms with Crippen molar-refractivity contribution < 1.29 is 22.9 Å². The SMILES string of the molecule is N#CCC(=O)Nc1c([N+](=O)[O-])cnn1-c1c(Cl)cc(C(F)(F)F)cc1Cl. The van der Waals surface area contributed by atoms with E-state index in [9.17, 15) is 28.1 Å². The Morgan fingerprint density at radius 1 is 1.38 bits per heavy atom. The molecule has 1 amide bonds. The summed E-state index contributed by atoms with van der Waals surface area (Å²) in [7, 11) is 0. The zero-order valence-corrected chi connectivity index (χ0v) is 13.9. The molecule has 1 heterocycles. The molecule has 0 spiro atoms. The van der Waals surface area contributed by atoms with Gasteiger partial charge in [0.1, 0.15) is 18.3 Å². The summed E-state index contributed by atoms with van der Waals surface area (Å²) in [5.41, 5.74) is -2.10. The molecule has 136 valence electrons. The van der Waals surface area contributed by atoms with E-state index in [1.165, 1.54) is 0 Å². The van der Waals surface area contributed by atoms with Crippen molar-refractivity contribution in [2.24, 2.45) is 0 Å². The van der Waals surface area contributed by atoms with E-state index in [0.717, 1.165) is 10.9 Å². The molecular weight excluding hydrogens is 402 g/mol. The van der Waals surface area contributed by atoms with E-state index in [1.54, 1.807) is 6.07 Å². The van der Waals surface area contributed by atoms with E-state index in [0.29, 0.717) is 12.1 Å². The maximum Gasteiger partial charge on any atom is 0.416 e. The number of aromatic nitrogens is 2. The van der Waals surface area contributed by atoms with Crippen molar-refractivity contribution in [1.82, 2.24) is 9.78 Å². The summed E-state index contributed by atoms with van der Waals surface area (Å²) < 4.78 is 39.2. The number of hydrogen-bond acceptors (Lipinski definition) is 5. The molecule has 13 heteroatoms. The summed E-state index contributed by atoms with van der Waals surface area (Å²) in [5, 5.41) is 24.3. The number of alkyl halides is 3. The highest BCUT2D eigenvalue weighted by molar-refractivity contribution is 6.38. The van der Waals surface area contributed by atoms with Gasteiger partial charge in [0.15, 0.2) is 0 Å². The lowest BCUT2D eigenvalue weighted by molar-refractivity contribution is -0.384. The highest BCUT2D eigenvalue weighted by Crippen LogP contribution is 2.39. The van der Waals surface area contributed by atoms with Gasteiger partial charge in [-0.2, -0.15) is 23.5 Å². The number of anilines is 1. The quantitative estimate of drug-likeness (QED) is 0.608. The molecule has 1 aromatic carbocycles. The van der Waals surface area contributed by atoms with E-state index in [4.69, 9.17) is 28.5 Å². The second-order valence-electron chi connectivity index (χ2n) is 4.72. The highest BCUT2D eigenvalue weighted by Gasteiger charge is 2.33. The average Bonchev–Trinajstić information content (AvgIpc) is 2.89. The number of nitro groups is 1. The van der Waals surface area contributed by atoms with Crippen LogP contribution in [0.25, 0.3) is 5.69 Å². The zero-order valence-electron chi connectivity index (χ0n) is 12.3. The fraction of sp³-hybridized carbons (Fsp3) is 0.154. The fourth-order valence-corrected chi connectivity index (χ4v) is 2.59. The van der Waals surface area contributed by atoms with Gasteiger partial charge >= 0.3 is 11.9 Å². The van der Waals surface area contributed by atoms with Crippen LogP contribution in [0.1, 0.15) is 12.0 Å². The molecular formula is C13H6Cl2F3N5O3. The normalized spacial score (nSPS) is 11.1. The Morgan fingerprint density at radius 2 is 1.96 bits per heavy atom. The smallest absolute Gasteiger partial charge is 0.304 e. The Bertz CT molecular complexity index is 913. The lowest BCUT2D eigenvalue weighted by atomic mass is 10.2. The topological polar surface area (TPSA) is 114 Å². The minimum absolute atomic E-state index is 0.304. The molecule has 0 unspecified atom stereocenters. The van der Waals surface area contributed by atoms with Crippen molar-refractivity contribution in [3.8, 4) is 11.8 Å². The fourth-order valence-electron chi connectivity index (χ4n) is 1.94. The minimum Gasteiger partial charge on any atom is -0.304 e. The number of nitrogens with one attached hydrogen (secondary N) is 1. The first-order valence-corrected chi connectivity index (χ1v) is 7.27. The van der Waals surface area contributed by atoms with E-state index in [2.05, 4.69) is 10.4 Å². The van der Waals surface area contributed by atoms with Gasteiger partial charge < -0.3 is 5.32 Å². The Labute approximate surface area is 152 Å². The van der Waals surface area contributed by atoms with Crippen LogP contribution in [0, 0.1) is 21.4 Å². The van der Waals surface area contributed by atoms with Crippen LogP contribution in [0.5, 0.6) is 0 Å². The summed E-state index contributed by atoms with van der Waals surface area (Å²) in [6, 6.07) is 2.68. The van der Waals surface area contributed by atoms with Gasteiger partial charge in [0.25, 0.3) is 0 Å². The number of amides is 1.